The molecule has 2 heterocycles. The normalized spacial score (nSPS) is 11.8. The van der Waals surface area contributed by atoms with Crippen molar-refractivity contribution in [2.45, 2.75) is 11.4 Å². The highest BCUT2D eigenvalue weighted by atomic mass is 32.2. The Bertz CT molecular complexity index is 999. The molecule has 130 valence electrons. The second kappa shape index (κ2) is 6.78. The fraction of sp³-hybridized carbons (Fsp3) is 0.222. The van der Waals surface area contributed by atoms with Crippen molar-refractivity contribution in [3.63, 3.8) is 0 Å². The molecule has 0 fully saturated rings. The van der Waals surface area contributed by atoms with E-state index in [1.165, 1.54) is 18.0 Å². The molecule has 6 nitrogen and oxygen atoms in total. The summed E-state index contributed by atoms with van der Waals surface area (Å²) in [6.45, 7) is 0.842. The van der Waals surface area contributed by atoms with E-state index in [2.05, 4.69) is 20.2 Å². The molecule has 2 aromatic heterocycles. The van der Waals surface area contributed by atoms with Crippen LogP contribution in [0.1, 0.15) is 5.56 Å². The summed E-state index contributed by atoms with van der Waals surface area (Å²) in [5, 5.41) is 3.21. The van der Waals surface area contributed by atoms with Crippen LogP contribution in [0, 0.1) is 0 Å². The molecular weight excluding hydrogens is 336 g/mol. The van der Waals surface area contributed by atoms with Gasteiger partial charge >= 0.3 is 0 Å². The van der Waals surface area contributed by atoms with Gasteiger partial charge in [0, 0.05) is 30.9 Å². The third-order valence-electron chi connectivity index (χ3n) is 3.71. The van der Waals surface area contributed by atoms with Gasteiger partial charge in [-0.05, 0) is 43.9 Å². The number of sulfone groups is 1. The van der Waals surface area contributed by atoms with Crippen LogP contribution in [0.15, 0.2) is 53.7 Å². The topological polar surface area (TPSA) is 75.2 Å². The fourth-order valence-corrected chi connectivity index (χ4v) is 3.37. The third kappa shape index (κ3) is 3.94. The number of aromatic nitrogens is 2. The van der Waals surface area contributed by atoms with Gasteiger partial charge in [0.1, 0.15) is 10.4 Å². The van der Waals surface area contributed by atoms with Crippen LogP contribution in [0.2, 0.25) is 0 Å². The third-order valence-corrected chi connectivity index (χ3v) is 4.82. The van der Waals surface area contributed by atoms with E-state index in [4.69, 9.17) is 0 Å². The monoisotopic (exact) mass is 356 g/mol. The highest BCUT2D eigenvalue weighted by Gasteiger charge is 2.18. The Balaban J connectivity index is 2.05. The van der Waals surface area contributed by atoms with Crippen LogP contribution in [-0.2, 0) is 16.4 Å². The van der Waals surface area contributed by atoms with Crippen molar-refractivity contribution < 1.29 is 8.42 Å². The SMILES string of the molecule is CN(C)Cc1ccc(Nc2c(S(C)(=O)=O)cnc3cccnc23)cc1. The number of benzene rings is 1. The van der Waals surface area contributed by atoms with E-state index in [1.807, 2.05) is 38.4 Å². The molecule has 1 N–H and O–H groups in total. The molecule has 0 radical (unpaired) electrons. The van der Waals surface area contributed by atoms with Crippen molar-refractivity contribution in [2.75, 3.05) is 25.7 Å². The lowest BCUT2D eigenvalue weighted by atomic mass is 10.2. The van der Waals surface area contributed by atoms with Gasteiger partial charge in [-0.3, -0.25) is 9.97 Å². The zero-order valence-electron chi connectivity index (χ0n) is 14.4. The molecule has 7 heteroatoms. The quantitative estimate of drug-likeness (QED) is 0.758. The molecule has 0 atom stereocenters. The zero-order valence-corrected chi connectivity index (χ0v) is 15.2. The summed E-state index contributed by atoms with van der Waals surface area (Å²) >= 11 is 0. The van der Waals surface area contributed by atoms with Crippen molar-refractivity contribution in [3.8, 4) is 0 Å². The smallest absolute Gasteiger partial charge is 0.179 e. The zero-order chi connectivity index (χ0) is 18.0. The van der Waals surface area contributed by atoms with Gasteiger partial charge in [0.15, 0.2) is 9.84 Å². The molecule has 0 aliphatic rings. The van der Waals surface area contributed by atoms with Gasteiger partial charge in [0.2, 0.25) is 0 Å². The van der Waals surface area contributed by atoms with Gasteiger partial charge in [-0.25, -0.2) is 8.42 Å². The predicted octanol–water partition coefficient (Wildman–Crippen LogP) is 2.84. The Morgan fingerprint density at radius 3 is 2.44 bits per heavy atom. The van der Waals surface area contributed by atoms with E-state index in [0.717, 1.165) is 12.2 Å². The van der Waals surface area contributed by atoms with Crippen molar-refractivity contribution in [2.24, 2.45) is 0 Å². The Morgan fingerprint density at radius 1 is 1.08 bits per heavy atom. The van der Waals surface area contributed by atoms with Crippen LogP contribution < -0.4 is 5.32 Å². The fourth-order valence-electron chi connectivity index (χ4n) is 2.61. The Morgan fingerprint density at radius 2 is 1.80 bits per heavy atom. The largest absolute Gasteiger partial charge is 0.353 e. The first-order chi connectivity index (χ1) is 11.8. The number of nitrogens with zero attached hydrogens (tertiary/aromatic N) is 3. The summed E-state index contributed by atoms with van der Waals surface area (Å²) in [7, 11) is 0.586. The van der Waals surface area contributed by atoms with Crippen molar-refractivity contribution in [1.29, 1.82) is 0 Å². The van der Waals surface area contributed by atoms with Gasteiger partial charge in [-0.1, -0.05) is 12.1 Å². The van der Waals surface area contributed by atoms with Crippen LogP contribution in [0.3, 0.4) is 0 Å². The first-order valence-electron chi connectivity index (χ1n) is 7.79. The molecule has 0 unspecified atom stereocenters. The second-order valence-corrected chi connectivity index (χ2v) is 8.18. The lowest BCUT2D eigenvalue weighted by Crippen LogP contribution is -2.10. The first-order valence-corrected chi connectivity index (χ1v) is 9.68. The number of hydrogen-bond acceptors (Lipinski definition) is 6. The van der Waals surface area contributed by atoms with Crippen molar-refractivity contribution >= 4 is 32.2 Å². The van der Waals surface area contributed by atoms with Crippen LogP contribution in [0.5, 0.6) is 0 Å². The summed E-state index contributed by atoms with van der Waals surface area (Å²) in [5.74, 6) is 0. The minimum absolute atomic E-state index is 0.135. The summed E-state index contributed by atoms with van der Waals surface area (Å²) in [5.41, 5.74) is 3.60. The lowest BCUT2D eigenvalue weighted by molar-refractivity contribution is 0.402. The molecule has 0 bridgehead atoms. The summed E-state index contributed by atoms with van der Waals surface area (Å²) in [6.07, 6.45) is 4.17. The van der Waals surface area contributed by atoms with Crippen LogP contribution in [0.25, 0.3) is 11.0 Å². The molecule has 0 aliphatic heterocycles. The van der Waals surface area contributed by atoms with E-state index >= 15 is 0 Å². The van der Waals surface area contributed by atoms with Crippen LogP contribution in [0.4, 0.5) is 11.4 Å². The molecular formula is C18H20N4O2S. The van der Waals surface area contributed by atoms with E-state index < -0.39 is 9.84 Å². The molecule has 0 saturated heterocycles. The van der Waals surface area contributed by atoms with E-state index in [-0.39, 0.29) is 4.90 Å². The molecule has 25 heavy (non-hydrogen) atoms. The Kier molecular flexibility index (Phi) is 4.69. The van der Waals surface area contributed by atoms with Gasteiger partial charge in [-0.15, -0.1) is 0 Å². The molecule has 1 aromatic carbocycles. The van der Waals surface area contributed by atoms with E-state index in [9.17, 15) is 8.42 Å². The molecule has 0 aliphatic carbocycles. The van der Waals surface area contributed by atoms with Gasteiger partial charge in [0.05, 0.1) is 11.2 Å². The van der Waals surface area contributed by atoms with Gasteiger partial charge < -0.3 is 10.2 Å². The highest BCUT2D eigenvalue weighted by molar-refractivity contribution is 7.90. The summed E-state index contributed by atoms with van der Waals surface area (Å²) < 4.78 is 24.3. The minimum Gasteiger partial charge on any atom is -0.353 e. The highest BCUT2D eigenvalue weighted by Crippen LogP contribution is 2.30. The predicted molar refractivity (Wildman–Crippen MR) is 99.8 cm³/mol. The number of rotatable bonds is 5. The van der Waals surface area contributed by atoms with E-state index in [1.54, 1.807) is 18.3 Å². The van der Waals surface area contributed by atoms with Crippen LogP contribution >= 0.6 is 0 Å². The van der Waals surface area contributed by atoms with Gasteiger partial charge in [0.25, 0.3) is 0 Å². The molecule has 3 aromatic rings. The standard InChI is InChI=1S/C18H20N4O2S/c1-22(2)12-13-6-8-14(9-7-13)21-18-16(25(3,23)24)11-20-15-5-4-10-19-17(15)18/h4-11H,12H2,1-3H3,(H,20,21). The van der Waals surface area contributed by atoms with Crippen molar-refractivity contribution in [1.82, 2.24) is 14.9 Å². The number of nitrogens with one attached hydrogen (secondary N) is 1. The number of hydrogen-bond donors (Lipinski definition) is 1. The summed E-state index contributed by atoms with van der Waals surface area (Å²) in [6, 6.07) is 11.5. The van der Waals surface area contributed by atoms with Crippen LogP contribution in [-0.4, -0.2) is 43.6 Å². The average Bonchev–Trinajstić information content (AvgIpc) is 2.55. The lowest BCUT2D eigenvalue weighted by Gasteiger charge is -2.14. The molecule has 0 amide bonds. The van der Waals surface area contributed by atoms with Gasteiger partial charge in [-0.2, -0.15) is 0 Å². The average molecular weight is 356 g/mol. The van der Waals surface area contributed by atoms with E-state index in [0.29, 0.717) is 16.7 Å². The maximum Gasteiger partial charge on any atom is 0.179 e. The Labute approximate surface area is 147 Å². The number of fused-ring (bicyclic) bond motifs is 1. The number of anilines is 2. The molecule has 0 saturated carbocycles. The minimum atomic E-state index is -3.44. The molecule has 0 spiro atoms. The number of pyridine rings is 2. The maximum absolute atomic E-state index is 12.1. The second-order valence-electron chi connectivity index (χ2n) is 6.20. The Hall–Kier alpha value is -2.51. The molecule has 3 rings (SSSR count). The summed E-state index contributed by atoms with van der Waals surface area (Å²) in [4.78, 5) is 10.7. The van der Waals surface area contributed by atoms with Crippen molar-refractivity contribution in [3.05, 3.63) is 54.4 Å². The maximum atomic E-state index is 12.1. The first kappa shape index (κ1) is 17.3.